The number of nitrogens with zero attached hydrogens (tertiary/aromatic N) is 4. The van der Waals surface area contributed by atoms with Gasteiger partial charge in [0, 0.05) is 36.9 Å². The first-order valence-corrected chi connectivity index (χ1v) is 10.4. The van der Waals surface area contributed by atoms with E-state index in [9.17, 15) is 9.18 Å². The molecule has 7 heteroatoms. The zero-order valence-corrected chi connectivity index (χ0v) is 17.6. The van der Waals surface area contributed by atoms with Gasteiger partial charge in [-0.1, -0.05) is 29.8 Å². The van der Waals surface area contributed by atoms with Crippen LogP contribution >= 0.6 is 11.6 Å². The summed E-state index contributed by atoms with van der Waals surface area (Å²) in [5.41, 5.74) is 3.67. The van der Waals surface area contributed by atoms with E-state index in [1.807, 2.05) is 31.2 Å². The van der Waals surface area contributed by atoms with Crippen molar-refractivity contribution in [2.24, 2.45) is 5.10 Å². The second kappa shape index (κ2) is 8.98. The van der Waals surface area contributed by atoms with Gasteiger partial charge < -0.3 is 4.90 Å². The Balaban J connectivity index is 1.37. The number of carbonyl (C=O) groups excluding carboxylic acids is 1. The van der Waals surface area contributed by atoms with Crippen LogP contribution in [-0.2, 0) is 4.79 Å². The molecule has 2 aliphatic heterocycles. The summed E-state index contributed by atoms with van der Waals surface area (Å²) in [5, 5.41) is 6.83. The zero-order chi connectivity index (χ0) is 21.1. The molecular formula is C23H24ClFN4O. The molecule has 0 atom stereocenters. The summed E-state index contributed by atoms with van der Waals surface area (Å²) in [6, 6.07) is 14.1. The number of carbonyl (C=O) groups is 1. The predicted octanol–water partition coefficient (Wildman–Crippen LogP) is 4.25. The van der Waals surface area contributed by atoms with E-state index >= 15 is 0 Å². The highest BCUT2D eigenvalue weighted by molar-refractivity contribution is 6.30. The van der Waals surface area contributed by atoms with E-state index in [-0.39, 0.29) is 11.7 Å². The molecule has 0 spiro atoms. The molecule has 2 aliphatic rings. The normalized spacial score (nSPS) is 19.4. The molecule has 156 valence electrons. The molecule has 0 aromatic heterocycles. The highest BCUT2D eigenvalue weighted by Gasteiger charge is 2.26. The molecule has 1 saturated heterocycles. The summed E-state index contributed by atoms with van der Waals surface area (Å²) >= 11 is 6.10. The standard InChI is InChI=1S/C23H24ClFN4O/c1-17-19(13-18-5-7-21(25)8-6-18)14-23(30)29(26-17)16-27-9-11-28(12-10-27)22-4-2-3-20(24)15-22/h2-8,13,15H,9-12,14,16H2,1H3/b19-13+. The van der Waals surface area contributed by atoms with Gasteiger partial charge in [-0.05, 0) is 54.5 Å². The maximum atomic E-state index is 13.1. The first-order valence-electron chi connectivity index (χ1n) is 10.0. The van der Waals surface area contributed by atoms with E-state index in [1.165, 1.54) is 12.1 Å². The molecule has 2 heterocycles. The molecular weight excluding hydrogens is 403 g/mol. The Morgan fingerprint density at radius 1 is 1.10 bits per heavy atom. The third-order valence-electron chi connectivity index (χ3n) is 5.46. The van der Waals surface area contributed by atoms with Gasteiger partial charge in [-0.25, -0.2) is 9.40 Å². The lowest BCUT2D eigenvalue weighted by atomic mass is 10.0. The second-order valence-electron chi connectivity index (χ2n) is 7.60. The minimum atomic E-state index is -0.274. The molecule has 5 nitrogen and oxygen atoms in total. The molecule has 4 rings (SSSR count). The van der Waals surface area contributed by atoms with Gasteiger partial charge in [-0.15, -0.1) is 0 Å². The number of piperazine rings is 1. The fraction of sp³-hybridized carbons (Fsp3) is 0.304. The smallest absolute Gasteiger partial charge is 0.248 e. The molecule has 0 saturated carbocycles. The van der Waals surface area contributed by atoms with Crippen molar-refractivity contribution in [2.75, 3.05) is 37.7 Å². The molecule has 0 unspecified atom stereocenters. The first kappa shape index (κ1) is 20.6. The molecule has 0 N–H and O–H groups in total. The number of anilines is 1. The average molecular weight is 427 g/mol. The fourth-order valence-electron chi connectivity index (χ4n) is 3.72. The van der Waals surface area contributed by atoms with Crippen molar-refractivity contribution in [3.63, 3.8) is 0 Å². The molecule has 0 aliphatic carbocycles. The van der Waals surface area contributed by atoms with Crippen LogP contribution in [0.4, 0.5) is 10.1 Å². The number of hydrogen-bond donors (Lipinski definition) is 0. The molecule has 2 aromatic rings. The maximum absolute atomic E-state index is 13.1. The number of amides is 1. The minimum absolute atomic E-state index is 0.0220. The van der Waals surface area contributed by atoms with Crippen LogP contribution in [0.25, 0.3) is 6.08 Å². The highest BCUT2D eigenvalue weighted by Crippen LogP contribution is 2.22. The largest absolute Gasteiger partial charge is 0.369 e. The van der Waals surface area contributed by atoms with Gasteiger partial charge in [0.2, 0.25) is 5.91 Å². The van der Waals surface area contributed by atoms with E-state index in [2.05, 4.69) is 21.0 Å². The van der Waals surface area contributed by atoms with Crippen molar-refractivity contribution >= 4 is 35.0 Å². The minimum Gasteiger partial charge on any atom is -0.369 e. The molecule has 1 fully saturated rings. The van der Waals surface area contributed by atoms with Crippen molar-refractivity contribution in [3.8, 4) is 0 Å². The molecule has 30 heavy (non-hydrogen) atoms. The van der Waals surface area contributed by atoms with Crippen LogP contribution < -0.4 is 4.90 Å². The maximum Gasteiger partial charge on any atom is 0.248 e. The summed E-state index contributed by atoms with van der Waals surface area (Å²) in [6.07, 6.45) is 2.20. The lowest BCUT2D eigenvalue weighted by Crippen LogP contribution is -2.50. The Hall–Kier alpha value is -2.70. The topological polar surface area (TPSA) is 39.1 Å². The molecule has 0 bridgehead atoms. The number of benzene rings is 2. The quantitative estimate of drug-likeness (QED) is 0.733. The summed E-state index contributed by atoms with van der Waals surface area (Å²) in [5.74, 6) is -0.296. The Bertz CT molecular complexity index is 981. The van der Waals surface area contributed by atoms with E-state index in [1.54, 1.807) is 17.1 Å². The predicted molar refractivity (Wildman–Crippen MR) is 119 cm³/mol. The zero-order valence-electron chi connectivity index (χ0n) is 16.9. The van der Waals surface area contributed by atoms with Crippen LogP contribution in [-0.4, -0.2) is 54.4 Å². The fourth-order valence-corrected chi connectivity index (χ4v) is 3.90. The first-order chi connectivity index (χ1) is 14.5. The Morgan fingerprint density at radius 3 is 2.53 bits per heavy atom. The number of rotatable bonds is 4. The van der Waals surface area contributed by atoms with Gasteiger partial charge in [0.15, 0.2) is 0 Å². The lowest BCUT2D eigenvalue weighted by Gasteiger charge is -2.38. The van der Waals surface area contributed by atoms with E-state index in [0.29, 0.717) is 13.1 Å². The van der Waals surface area contributed by atoms with E-state index < -0.39 is 0 Å². The lowest BCUT2D eigenvalue weighted by molar-refractivity contribution is -0.133. The summed E-state index contributed by atoms with van der Waals surface area (Å²) in [4.78, 5) is 17.2. The Kier molecular flexibility index (Phi) is 6.16. The highest BCUT2D eigenvalue weighted by atomic mass is 35.5. The number of halogens is 2. The van der Waals surface area contributed by atoms with Crippen molar-refractivity contribution in [2.45, 2.75) is 13.3 Å². The average Bonchev–Trinajstić information content (AvgIpc) is 2.74. The van der Waals surface area contributed by atoms with Crippen LogP contribution in [0.1, 0.15) is 18.9 Å². The second-order valence-corrected chi connectivity index (χ2v) is 8.04. The monoisotopic (exact) mass is 426 g/mol. The van der Waals surface area contributed by atoms with Crippen LogP contribution in [0.2, 0.25) is 5.02 Å². The number of hydrazone groups is 1. The van der Waals surface area contributed by atoms with Crippen molar-refractivity contribution < 1.29 is 9.18 Å². The van der Waals surface area contributed by atoms with Crippen molar-refractivity contribution in [3.05, 3.63) is 70.5 Å². The van der Waals surface area contributed by atoms with Crippen LogP contribution in [0, 0.1) is 5.82 Å². The third kappa shape index (κ3) is 4.89. The van der Waals surface area contributed by atoms with Crippen LogP contribution in [0.5, 0.6) is 0 Å². The van der Waals surface area contributed by atoms with E-state index in [0.717, 1.165) is 53.7 Å². The SMILES string of the molecule is CC1=NN(CN2CCN(c3cccc(Cl)c3)CC2)C(=O)C/C1=C\c1ccc(F)cc1. The molecule has 0 radical (unpaired) electrons. The van der Waals surface area contributed by atoms with Crippen molar-refractivity contribution in [1.82, 2.24) is 9.91 Å². The van der Waals surface area contributed by atoms with Gasteiger partial charge in [0.1, 0.15) is 5.82 Å². The number of hydrogen-bond acceptors (Lipinski definition) is 4. The van der Waals surface area contributed by atoms with Crippen molar-refractivity contribution in [1.29, 1.82) is 0 Å². The summed E-state index contributed by atoms with van der Waals surface area (Å²) < 4.78 is 13.1. The van der Waals surface area contributed by atoms with Gasteiger partial charge in [-0.2, -0.15) is 5.10 Å². The Morgan fingerprint density at radius 2 is 1.83 bits per heavy atom. The van der Waals surface area contributed by atoms with Gasteiger partial charge in [0.25, 0.3) is 0 Å². The van der Waals surface area contributed by atoms with Gasteiger partial charge >= 0.3 is 0 Å². The van der Waals surface area contributed by atoms with Crippen LogP contribution in [0.3, 0.4) is 0 Å². The Labute approximate surface area is 181 Å². The summed E-state index contributed by atoms with van der Waals surface area (Å²) in [6.45, 7) is 5.85. The molecule has 2 aromatic carbocycles. The van der Waals surface area contributed by atoms with Gasteiger partial charge in [-0.3, -0.25) is 9.69 Å². The van der Waals surface area contributed by atoms with Gasteiger partial charge in [0.05, 0.1) is 18.8 Å². The molecule has 1 amide bonds. The summed E-state index contributed by atoms with van der Waals surface area (Å²) in [7, 11) is 0. The van der Waals surface area contributed by atoms with Crippen LogP contribution in [0.15, 0.2) is 59.2 Å². The third-order valence-corrected chi connectivity index (χ3v) is 5.69. The van der Waals surface area contributed by atoms with E-state index in [4.69, 9.17) is 11.6 Å².